The predicted octanol–water partition coefficient (Wildman–Crippen LogP) is 0.677. The first-order chi connectivity index (χ1) is 7.81. The van der Waals surface area contributed by atoms with Gasteiger partial charge < -0.3 is 5.32 Å². The third-order valence-corrected chi connectivity index (χ3v) is 3.24. The maximum absolute atomic E-state index is 8.87. The smallest absolute Gasteiger partial charge is 0.210 e. The summed E-state index contributed by atoms with van der Waals surface area (Å²) >= 11 is 1.42. The average Bonchev–Trinajstić information content (AvgIpc) is 2.74. The van der Waals surface area contributed by atoms with Crippen LogP contribution in [0.3, 0.4) is 0 Å². The van der Waals surface area contributed by atoms with Gasteiger partial charge in [0.15, 0.2) is 0 Å². The standard InChI is InChI=1S/C9H16N6S/c1-3-8(7-10)16-9-12-13-14-15(9)6-5-11-4-2/h8,11H,3-6H2,1-2H3. The van der Waals surface area contributed by atoms with Crippen molar-refractivity contribution in [2.45, 2.75) is 37.2 Å². The zero-order valence-corrected chi connectivity index (χ0v) is 10.4. The highest BCUT2D eigenvalue weighted by atomic mass is 32.2. The van der Waals surface area contributed by atoms with Crippen LogP contribution in [0.4, 0.5) is 0 Å². The minimum atomic E-state index is -0.0797. The van der Waals surface area contributed by atoms with Gasteiger partial charge in [0, 0.05) is 6.54 Å². The van der Waals surface area contributed by atoms with Gasteiger partial charge in [0.1, 0.15) is 0 Å². The quantitative estimate of drug-likeness (QED) is 0.557. The van der Waals surface area contributed by atoms with Gasteiger partial charge >= 0.3 is 0 Å². The van der Waals surface area contributed by atoms with E-state index in [1.165, 1.54) is 11.8 Å². The summed E-state index contributed by atoms with van der Waals surface area (Å²) in [7, 11) is 0. The number of rotatable bonds is 7. The molecule has 7 heteroatoms. The first kappa shape index (κ1) is 12.9. The molecule has 0 saturated carbocycles. The van der Waals surface area contributed by atoms with Crippen molar-refractivity contribution in [2.75, 3.05) is 13.1 Å². The zero-order chi connectivity index (χ0) is 11.8. The highest BCUT2D eigenvalue weighted by Gasteiger charge is 2.12. The number of aromatic nitrogens is 4. The third-order valence-electron chi connectivity index (χ3n) is 2.01. The van der Waals surface area contributed by atoms with Crippen LogP contribution in [0.1, 0.15) is 20.3 Å². The topological polar surface area (TPSA) is 79.4 Å². The van der Waals surface area contributed by atoms with Crippen LogP contribution < -0.4 is 5.32 Å². The molecule has 1 aromatic heterocycles. The van der Waals surface area contributed by atoms with Gasteiger partial charge in [-0.1, -0.05) is 25.6 Å². The van der Waals surface area contributed by atoms with Crippen molar-refractivity contribution in [3.63, 3.8) is 0 Å². The molecule has 88 valence electrons. The van der Waals surface area contributed by atoms with Crippen LogP contribution in [0.2, 0.25) is 0 Å². The lowest BCUT2D eigenvalue weighted by Gasteiger charge is -2.06. The maximum Gasteiger partial charge on any atom is 0.210 e. The van der Waals surface area contributed by atoms with E-state index >= 15 is 0 Å². The molecule has 0 radical (unpaired) electrons. The van der Waals surface area contributed by atoms with Crippen molar-refractivity contribution in [1.29, 1.82) is 5.26 Å². The van der Waals surface area contributed by atoms with E-state index < -0.39 is 0 Å². The summed E-state index contributed by atoms with van der Waals surface area (Å²) in [5, 5.41) is 24.1. The molecular weight excluding hydrogens is 224 g/mol. The summed E-state index contributed by atoms with van der Waals surface area (Å²) in [6.45, 7) is 6.52. The lowest BCUT2D eigenvalue weighted by molar-refractivity contribution is 0.517. The van der Waals surface area contributed by atoms with Gasteiger partial charge in [-0.15, -0.1) is 5.10 Å². The highest BCUT2D eigenvalue weighted by molar-refractivity contribution is 8.00. The van der Waals surface area contributed by atoms with Gasteiger partial charge in [-0.05, 0) is 23.4 Å². The fourth-order valence-electron chi connectivity index (χ4n) is 1.11. The molecule has 1 rings (SSSR count). The molecule has 1 aromatic rings. The van der Waals surface area contributed by atoms with E-state index in [9.17, 15) is 0 Å². The number of nitrogens with zero attached hydrogens (tertiary/aromatic N) is 5. The maximum atomic E-state index is 8.87. The third kappa shape index (κ3) is 3.79. The number of nitrogens with one attached hydrogen (secondary N) is 1. The fourth-order valence-corrected chi connectivity index (χ4v) is 1.92. The molecule has 0 spiro atoms. The summed E-state index contributed by atoms with van der Waals surface area (Å²) < 4.78 is 1.73. The van der Waals surface area contributed by atoms with E-state index in [1.807, 2.05) is 6.92 Å². The molecule has 0 aliphatic rings. The first-order valence-corrected chi connectivity index (χ1v) is 6.22. The Morgan fingerprint density at radius 1 is 1.56 bits per heavy atom. The molecule has 6 nitrogen and oxygen atoms in total. The molecule has 0 fully saturated rings. The fraction of sp³-hybridized carbons (Fsp3) is 0.778. The number of likely N-dealkylation sites (N-methyl/N-ethyl adjacent to an activating group) is 1. The minimum Gasteiger partial charge on any atom is -0.315 e. The van der Waals surface area contributed by atoms with Crippen LogP contribution >= 0.6 is 11.8 Å². The monoisotopic (exact) mass is 240 g/mol. The van der Waals surface area contributed by atoms with E-state index in [0.29, 0.717) is 5.16 Å². The van der Waals surface area contributed by atoms with E-state index in [0.717, 1.165) is 26.1 Å². The molecular formula is C9H16N6S. The summed E-state index contributed by atoms with van der Waals surface area (Å²) in [4.78, 5) is 0. The van der Waals surface area contributed by atoms with Crippen molar-refractivity contribution < 1.29 is 0 Å². The molecule has 0 aliphatic carbocycles. The van der Waals surface area contributed by atoms with Gasteiger partial charge in [-0.2, -0.15) is 5.26 Å². The Kier molecular flexibility index (Phi) is 5.82. The second-order valence-electron chi connectivity index (χ2n) is 3.18. The van der Waals surface area contributed by atoms with Gasteiger partial charge in [0.25, 0.3) is 0 Å². The average molecular weight is 240 g/mol. The van der Waals surface area contributed by atoms with Gasteiger partial charge in [-0.25, -0.2) is 4.68 Å². The van der Waals surface area contributed by atoms with Crippen LogP contribution in [0.5, 0.6) is 0 Å². The number of hydrogen-bond acceptors (Lipinski definition) is 6. The number of tetrazole rings is 1. The second kappa shape index (κ2) is 7.19. The van der Waals surface area contributed by atoms with Crippen molar-refractivity contribution in [3.05, 3.63) is 0 Å². The Morgan fingerprint density at radius 2 is 2.38 bits per heavy atom. The van der Waals surface area contributed by atoms with Crippen LogP contribution in [-0.4, -0.2) is 38.5 Å². The van der Waals surface area contributed by atoms with E-state index in [2.05, 4.69) is 33.8 Å². The van der Waals surface area contributed by atoms with Crippen LogP contribution in [0, 0.1) is 11.3 Å². The van der Waals surface area contributed by atoms with E-state index in [-0.39, 0.29) is 5.25 Å². The summed E-state index contributed by atoms with van der Waals surface area (Å²) in [5.41, 5.74) is 0. The Bertz CT molecular complexity index is 344. The number of thioether (sulfide) groups is 1. The molecule has 0 saturated heterocycles. The van der Waals surface area contributed by atoms with Crippen LogP contribution in [0.15, 0.2) is 5.16 Å². The van der Waals surface area contributed by atoms with Crippen LogP contribution in [-0.2, 0) is 6.54 Å². The Morgan fingerprint density at radius 3 is 3.00 bits per heavy atom. The van der Waals surface area contributed by atoms with Crippen molar-refractivity contribution in [2.24, 2.45) is 0 Å². The van der Waals surface area contributed by atoms with E-state index in [1.54, 1.807) is 4.68 Å². The lowest BCUT2D eigenvalue weighted by atomic mass is 10.4. The zero-order valence-electron chi connectivity index (χ0n) is 9.55. The molecule has 1 atom stereocenters. The molecule has 1 N–H and O–H groups in total. The Balaban J connectivity index is 2.53. The molecule has 0 amide bonds. The first-order valence-electron chi connectivity index (χ1n) is 5.35. The minimum absolute atomic E-state index is 0.0797. The Hall–Kier alpha value is -1.13. The van der Waals surface area contributed by atoms with Gasteiger partial charge in [-0.3, -0.25) is 0 Å². The summed E-state index contributed by atoms with van der Waals surface area (Å²) in [6, 6.07) is 2.22. The highest BCUT2D eigenvalue weighted by Crippen LogP contribution is 2.21. The molecule has 1 unspecified atom stereocenters. The van der Waals surface area contributed by atoms with Crippen molar-refractivity contribution in [3.8, 4) is 6.07 Å². The number of nitriles is 1. The Labute approximate surface area is 99.4 Å². The van der Waals surface area contributed by atoms with Gasteiger partial charge in [0.2, 0.25) is 5.16 Å². The number of hydrogen-bond donors (Lipinski definition) is 1. The molecule has 0 aliphatic heterocycles. The molecule has 0 bridgehead atoms. The molecule has 0 aromatic carbocycles. The van der Waals surface area contributed by atoms with E-state index in [4.69, 9.17) is 5.26 Å². The summed E-state index contributed by atoms with van der Waals surface area (Å²) in [5.74, 6) is 0. The second-order valence-corrected chi connectivity index (χ2v) is 4.35. The SMILES string of the molecule is CCNCCn1nnnc1SC(C#N)CC. The van der Waals surface area contributed by atoms with Crippen molar-refractivity contribution in [1.82, 2.24) is 25.5 Å². The molecule has 1 heterocycles. The predicted molar refractivity (Wildman–Crippen MR) is 61.9 cm³/mol. The largest absolute Gasteiger partial charge is 0.315 e. The van der Waals surface area contributed by atoms with Crippen LogP contribution in [0.25, 0.3) is 0 Å². The lowest BCUT2D eigenvalue weighted by Crippen LogP contribution is -2.20. The summed E-state index contributed by atoms with van der Waals surface area (Å²) in [6.07, 6.45) is 0.793. The molecule has 16 heavy (non-hydrogen) atoms. The normalized spacial score (nSPS) is 12.3. The van der Waals surface area contributed by atoms with Gasteiger partial charge in [0.05, 0.1) is 17.9 Å². The van der Waals surface area contributed by atoms with Crippen molar-refractivity contribution >= 4 is 11.8 Å².